The first-order valence-electron chi connectivity index (χ1n) is 20.9. The summed E-state index contributed by atoms with van der Waals surface area (Å²) in [6, 6.07) is 6.60. The average molecular weight is 875 g/mol. The van der Waals surface area contributed by atoms with Crippen LogP contribution in [0.25, 0.3) is 28.5 Å². The lowest BCUT2D eigenvalue weighted by Crippen LogP contribution is -2.44. The number of ether oxygens (including phenoxy) is 4. The smallest absolute Gasteiger partial charge is 0.302 e. The summed E-state index contributed by atoms with van der Waals surface area (Å²) in [6.45, 7) is 10.4. The summed E-state index contributed by atoms with van der Waals surface area (Å²) < 4.78 is 25.3. The molecular formula is C48H54N6O10. The predicted molar refractivity (Wildman–Crippen MR) is 239 cm³/mol. The van der Waals surface area contributed by atoms with E-state index in [4.69, 9.17) is 23.9 Å². The van der Waals surface area contributed by atoms with E-state index in [1.807, 2.05) is 33.8 Å². The van der Waals surface area contributed by atoms with E-state index in [-0.39, 0.29) is 51.9 Å². The number of amides is 2. The van der Waals surface area contributed by atoms with Crippen LogP contribution in [0, 0.1) is 35.5 Å². The van der Waals surface area contributed by atoms with Crippen molar-refractivity contribution in [2.75, 3.05) is 26.1 Å². The molecule has 336 valence electrons. The zero-order valence-corrected chi connectivity index (χ0v) is 37.0. The lowest BCUT2D eigenvalue weighted by Gasteiger charge is -2.36. The molecule has 16 nitrogen and oxygen atoms in total. The number of anilines is 1. The molecular weight excluding hydrogens is 821 g/mol. The van der Waals surface area contributed by atoms with Gasteiger partial charge in [0.2, 0.25) is 5.78 Å². The van der Waals surface area contributed by atoms with Gasteiger partial charge >= 0.3 is 5.97 Å². The second-order valence-corrected chi connectivity index (χ2v) is 16.2. The quantitative estimate of drug-likeness (QED) is 0.0614. The van der Waals surface area contributed by atoms with Crippen molar-refractivity contribution in [3.63, 3.8) is 0 Å². The number of aromatic hydroxyl groups is 1. The fourth-order valence-corrected chi connectivity index (χ4v) is 8.22. The fraction of sp³-hybridized carbons (Fsp3) is 0.375. The number of aliphatic hydroxyl groups excluding tert-OH is 1. The molecule has 1 unspecified atom stereocenters. The molecule has 2 bridgehead atoms. The molecule has 4 aromatic rings. The van der Waals surface area contributed by atoms with Gasteiger partial charge in [0.05, 0.1) is 24.0 Å². The van der Waals surface area contributed by atoms with Gasteiger partial charge in [0.1, 0.15) is 41.2 Å². The lowest BCUT2D eigenvalue weighted by atomic mass is 9.79. The topological polar surface area (TPSA) is 212 Å². The Labute approximate surface area is 370 Å². The molecule has 0 radical (unpaired) electrons. The van der Waals surface area contributed by atoms with Gasteiger partial charge in [0.15, 0.2) is 5.75 Å². The van der Waals surface area contributed by atoms with Crippen molar-refractivity contribution in [1.82, 2.24) is 25.2 Å². The number of carbonyl (C=O) groups is 4. The summed E-state index contributed by atoms with van der Waals surface area (Å²) in [4.78, 5) is 61.8. The standard InChI is InChI=1S/C48H54N6O10/c1-26-10-9-11-27(2)47(59)52-42-43-41(51-38-23-32(16-20-54(38)43)24-50-53-48(60)33-14-18-49-19-15-33)39-34(37(62-8)13-12-35(56)40(39)45(42)58)25-63-21-17-36(61-7)29(4)46(64-31(6)55)30(5)44(57)28(3)22-26/h9-11,14-21,23-24,26,28-30,36-37,44,46,50,57-58H,22,25H2,1-8H3,(H,52,59)(H,53,60)/b10-9+,21-17+,27-11-,32-24?/t26-,28+,29+,30+,36-,37?,44+,46+/m0/s1. The van der Waals surface area contributed by atoms with Crippen molar-refractivity contribution >= 4 is 57.7 Å². The van der Waals surface area contributed by atoms with Crippen LogP contribution in [-0.2, 0) is 28.5 Å². The SMILES string of the molecule is COC1C#CC(=O)c2c(O)c3c4c(nc5cc(=CNNC(=O)c6ccncc6)ccn54)c2=C1CO/C=C/[C@H](OC)[C@@H](C)[C@@H](OC(C)=O)[C@H](C)[C@H](O)[C@H](C)C[C@@H](C)/C=C/C=C(/C)C(=O)N3. The van der Waals surface area contributed by atoms with Gasteiger partial charge in [0, 0.05) is 79.7 Å². The number of benzene rings is 1. The number of hydrogen-bond acceptors (Lipinski definition) is 13. The summed E-state index contributed by atoms with van der Waals surface area (Å²) in [5, 5.41) is 27.3. The number of Topliss-reactive ketones (excluding diaryl/α,β-unsaturated/α-hetero) is 1. The number of rotatable bonds is 6. The number of hydrazine groups is 1. The Hall–Kier alpha value is -6.80. The van der Waals surface area contributed by atoms with E-state index in [0.717, 1.165) is 0 Å². The summed E-state index contributed by atoms with van der Waals surface area (Å²) in [5.41, 5.74) is 7.06. The van der Waals surface area contributed by atoms with Crippen LogP contribution >= 0.6 is 0 Å². The largest absolute Gasteiger partial charge is 0.505 e. The van der Waals surface area contributed by atoms with Gasteiger partial charge in [-0.1, -0.05) is 51.8 Å². The molecule has 6 rings (SSSR count). The van der Waals surface area contributed by atoms with Crippen molar-refractivity contribution in [1.29, 1.82) is 0 Å². The number of esters is 1. The molecule has 16 heteroatoms. The predicted octanol–water partition coefficient (Wildman–Crippen LogP) is 3.85. The third-order valence-corrected chi connectivity index (χ3v) is 11.6. The zero-order chi connectivity index (χ0) is 46.2. The third-order valence-electron chi connectivity index (χ3n) is 11.6. The highest BCUT2D eigenvalue weighted by molar-refractivity contribution is 6.18. The van der Waals surface area contributed by atoms with Crippen LogP contribution in [0.4, 0.5) is 5.69 Å². The number of phenols is 1. The first-order chi connectivity index (χ1) is 30.6. The van der Waals surface area contributed by atoms with Crippen molar-refractivity contribution in [3.8, 4) is 17.6 Å². The zero-order valence-electron chi connectivity index (χ0n) is 37.0. The Kier molecular flexibility index (Phi) is 15.0. The van der Waals surface area contributed by atoms with Crippen LogP contribution in [-0.4, -0.2) is 93.4 Å². The Morgan fingerprint density at radius 2 is 1.81 bits per heavy atom. The average Bonchev–Trinajstić information content (AvgIpc) is 3.58. The van der Waals surface area contributed by atoms with Crippen LogP contribution in [0.5, 0.6) is 5.75 Å². The van der Waals surface area contributed by atoms with E-state index >= 15 is 0 Å². The first kappa shape index (κ1) is 46.7. The third kappa shape index (κ3) is 10.2. The Morgan fingerprint density at radius 1 is 1.06 bits per heavy atom. The van der Waals surface area contributed by atoms with E-state index in [9.17, 15) is 29.4 Å². The number of pyridine rings is 2. The molecule has 5 N–H and O–H groups in total. The number of aromatic nitrogens is 3. The minimum atomic E-state index is -0.993. The van der Waals surface area contributed by atoms with Crippen LogP contribution in [0.3, 0.4) is 0 Å². The van der Waals surface area contributed by atoms with E-state index in [0.29, 0.717) is 34.0 Å². The Bertz CT molecular complexity index is 2710. The molecule has 1 aliphatic carbocycles. The van der Waals surface area contributed by atoms with Gasteiger partial charge in [-0.15, -0.1) is 0 Å². The maximum Gasteiger partial charge on any atom is 0.302 e. The number of nitrogens with zero attached hydrogens (tertiary/aromatic N) is 3. The number of allylic oxidation sites excluding steroid dienone is 3. The second kappa shape index (κ2) is 20.6. The molecule has 2 aliphatic rings. The normalized spacial score (nSPS) is 26.7. The monoisotopic (exact) mass is 874 g/mol. The van der Waals surface area contributed by atoms with E-state index in [2.05, 4.69) is 33.0 Å². The highest BCUT2D eigenvalue weighted by Crippen LogP contribution is 2.36. The van der Waals surface area contributed by atoms with Crippen molar-refractivity contribution in [3.05, 3.63) is 101 Å². The first-order valence-corrected chi connectivity index (χ1v) is 20.9. The highest BCUT2D eigenvalue weighted by atomic mass is 16.5. The molecule has 8 atom stereocenters. The van der Waals surface area contributed by atoms with E-state index < -0.39 is 59.7 Å². The number of nitrogens with one attached hydrogen (secondary N) is 3. The van der Waals surface area contributed by atoms with Crippen LogP contribution in [0.15, 0.2) is 79.0 Å². The number of fused-ring (bicyclic) bond motifs is 1. The van der Waals surface area contributed by atoms with Crippen molar-refractivity contribution in [2.45, 2.75) is 72.4 Å². The van der Waals surface area contributed by atoms with Gasteiger partial charge in [-0.25, -0.2) is 4.98 Å². The Balaban J connectivity index is 1.54. The van der Waals surface area contributed by atoms with Crippen LogP contribution in [0.2, 0.25) is 0 Å². The molecule has 4 heterocycles. The highest BCUT2D eigenvalue weighted by Gasteiger charge is 2.37. The van der Waals surface area contributed by atoms with E-state index in [1.54, 1.807) is 66.2 Å². The lowest BCUT2D eigenvalue weighted by molar-refractivity contribution is -0.159. The molecule has 64 heavy (non-hydrogen) atoms. The molecule has 0 fully saturated rings. The Morgan fingerprint density at radius 3 is 2.52 bits per heavy atom. The van der Waals surface area contributed by atoms with Crippen molar-refractivity contribution in [2.24, 2.45) is 23.7 Å². The molecule has 0 saturated carbocycles. The van der Waals surface area contributed by atoms with Gasteiger partial charge in [-0.3, -0.25) is 34.0 Å². The van der Waals surface area contributed by atoms with Crippen LogP contribution < -0.4 is 26.6 Å². The van der Waals surface area contributed by atoms with Gasteiger partial charge in [0.25, 0.3) is 11.8 Å². The summed E-state index contributed by atoms with van der Waals surface area (Å²) >= 11 is 0. The number of imidazole rings is 1. The number of phenolic OH excluding ortho intramolecular Hbond substituents is 1. The van der Waals surface area contributed by atoms with Crippen molar-refractivity contribution < 1.29 is 48.3 Å². The number of methoxy groups -OCH3 is 2. The second-order valence-electron chi connectivity index (χ2n) is 16.2. The minimum Gasteiger partial charge on any atom is -0.505 e. The van der Waals surface area contributed by atoms with Gasteiger partial charge in [-0.2, -0.15) is 0 Å². The van der Waals surface area contributed by atoms with E-state index in [1.165, 1.54) is 39.8 Å². The van der Waals surface area contributed by atoms with Gasteiger partial charge < -0.3 is 39.9 Å². The fourth-order valence-electron chi connectivity index (χ4n) is 8.22. The maximum absolute atomic E-state index is 14.0. The van der Waals surface area contributed by atoms with Gasteiger partial charge in [-0.05, 0) is 66.7 Å². The molecule has 3 aromatic heterocycles. The number of carbonyl (C=O) groups excluding carboxylic acids is 4. The molecule has 0 spiro atoms. The number of aliphatic hydroxyl groups is 1. The number of hydrogen-bond donors (Lipinski definition) is 5. The van der Waals surface area contributed by atoms with Crippen LogP contribution in [0.1, 0.15) is 68.7 Å². The molecule has 1 aromatic carbocycles. The molecule has 1 aliphatic heterocycles. The maximum atomic E-state index is 14.0. The minimum absolute atomic E-state index is 0.0168. The number of ketones is 1. The molecule has 2 amide bonds. The molecule has 0 saturated heterocycles. The summed E-state index contributed by atoms with van der Waals surface area (Å²) in [7, 11) is 2.95. The summed E-state index contributed by atoms with van der Waals surface area (Å²) in [5.74, 6) is 1.61. The summed E-state index contributed by atoms with van der Waals surface area (Å²) in [6.07, 6.45) is 12.1.